The van der Waals surface area contributed by atoms with E-state index in [1.54, 1.807) is 18.2 Å². The van der Waals surface area contributed by atoms with Crippen LogP contribution in [0.4, 0.5) is 4.39 Å². The summed E-state index contributed by atoms with van der Waals surface area (Å²) in [6, 6.07) is 9.66. The number of fused-ring (bicyclic) bond motifs is 1. The van der Waals surface area contributed by atoms with Gasteiger partial charge in [0.2, 0.25) is 0 Å². The van der Waals surface area contributed by atoms with Crippen LogP contribution in [0, 0.1) is 5.82 Å². The highest BCUT2D eigenvalue weighted by Crippen LogP contribution is 2.25. The lowest BCUT2D eigenvalue weighted by atomic mass is 9.99. The molecule has 0 amide bonds. The molecule has 2 aromatic rings. The van der Waals surface area contributed by atoms with Crippen molar-refractivity contribution in [1.82, 2.24) is 0 Å². The maximum atomic E-state index is 13.4. The minimum atomic E-state index is -0.463. The van der Waals surface area contributed by atoms with E-state index in [2.05, 4.69) is 0 Å². The molecule has 2 rings (SSSR count). The monoisotopic (exact) mass is 205 g/mol. The predicted octanol–water partition coefficient (Wildman–Crippen LogP) is 1.97. The van der Waals surface area contributed by atoms with Gasteiger partial charge in [-0.25, -0.2) is 4.39 Å². The lowest BCUT2D eigenvalue weighted by Crippen LogP contribution is -2.14. The molecule has 1 unspecified atom stereocenters. The molecule has 2 aromatic carbocycles. The second-order valence-electron chi connectivity index (χ2n) is 3.47. The fourth-order valence-corrected chi connectivity index (χ4v) is 1.71. The van der Waals surface area contributed by atoms with Gasteiger partial charge in [-0.2, -0.15) is 0 Å². The summed E-state index contributed by atoms with van der Waals surface area (Å²) in [4.78, 5) is 0. The minimum Gasteiger partial charge on any atom is -0.394 e. The molecule has 0 fully saturated rings. The first kappa shape index (κ1) is 10.1. The summed E-state index contributed by atoms with van der Waals surface area (Å²) in [7, 11) is 0. The minimum absolute atomic E-state index is 0.143. The summed E-state index contributed by atoms with van der Waals surface area (Å²) < 4.78 is 13.4. The Labute approximate surface area is 87.1 Å². The summed E-state index contributed by atoms with van der Waals surface area (Å²) >= 11 is 0. The van der Waals surface area contributed by atoms with E-state index < -0.39 is 6.04 Å². The lowest BCUT2D eigenvalue weighted by molar-refractivity contribution is 0.268. The molecule has 3 heteroatoms. The van der Waals surface area contributed by atoms with E-state index in [0.717, 1.165) is 10.9 Å². The Morgan fingerprint density at radius 3 is 2.47 bits per heavy atom. The maximum absolute atomic E-state index is 13.4. The van der Waals surface area contributed by atoms with Gasteiger partial charge in [-0.15, -0.1) is 0 Å². The molecule has 0 saturated carbocycles. The normalized spacial score (nSPS) is 13.0. The van der Waals surface area contributed by atoms with Crippen LogP contribution in [0.2, 0.25) is 0 Å². The van der Waals surface area contributed by atoms with Gasteiger partial charge in [0.15, 0.2) is 0 Å². The average Bonchev–Trinajstić information content (AvgIpc) is 2.29. The molecule has 0 aliphatic carbocycles. The fraction of sp³-hybridized carbons (Fsp3) is 0.167. The van der Waals surface area contributed by atoms with Crippen LogP contribution in [0.5, 0.6) is 0 Å². The van der Waals surface area contributed by atoms with Crippen LogP contribution in [0.15, 0.2) is 36.4 Å². The number of hydrogen-bond donors (Lipinski definition) is 2. The molecule has 0 heterocycles. The standard InChI is InChI=1S/C12H12FNO/c13-11-6-5-10(12(14)7-15)8-3-1-2-4-9(8)11/h1-6,12,15H,7,14H2. The third-order valence-corrected chi connectivity index (χ3v) is 2.50. The molecule has 1 atom stereocenters. The number of nitrogens with two attached hydrogens (primary N) is 1. The number of aliphatic hydroxyl groups excluding tert-OH is 1. The van der Waals surface area contributed by atoms with Gasteiger partial charge in [0.25, 0.3) is 0 Å². The number of halogens is 1. The third kappa shape index (κ3) is 1.71. The molecular formula is C12H12FNO. The summed E-state index contributed by atoms with van der Waals surface area (Å²) in [6.45, 7) is -0.143. The Bertz CT molecular complexity index is 484. The summed E-state index contributed by atoms with van der Waals surface area (Å²) in [5.74, 6) is -0.264. The van der Waals surface area contributed by atoms with Gasteiger partial charge in [-0.05, 0) is 17.0 Å². The highest BCUT2D eigenvalue weighted by molar-refractivity contribution is 5.86. The Morgan fingerprint density at radius 2 is 1.80 bits per heavy atom. The smallest absolute Gasteiger partial charge is 0.131 e. The summed E-state index contributed by atoms with van der Waals surface area (Å²) in [6.07, 6.45) is 0. The first-order valence-electron chi connectivity index (χ1n) is 4.77. The molecule has 15 heavy (non-hydrogen) atoms. The second kappa shape index (κ2) is 3.96. The van der Waals surface area contributed by atoms with Crippen LogP contribution >= 0.6 is 0 Å². The van der Waals surface area contributed by atoms with Crippen molar-refractivity contribution in [3.63, 3.8) is 0 Å². The van der Waals surface area contributed by atoms with Crippen LogP contribution in [-0.2, 0) is 0 Å². The van der Waals surface area contributed by atoms with E-state index in [-0.39, 0.29) is 12.4 Å². The zero-order valence-corrected chi connectivity index (χ0v) is 8.15. The molecule has 0 saturated heterocycles. The molecule has 0 radical (unpaired) electrons. The lowest BCUT2D eigenvalue weighted by Gasteiger charge is -2.12. The highest BCUT2D eigenvalue weighted by atomic mass is 19.1. The van der Waals surface area contributed by atoms with Gasteiger partial charge < -0.3 is 10.8 Å². The molecule has 0 aromatic heterocycles. The molecule has 0 bridgehead atoms. The third-order valence-electron chi connectivity index (χ3n) is 2.50. The van der Waals surface area contributed by atoms with E-state index in [0.29, 0.717) is 5.39 Å². The van der Waals surface area contributed by atoms with E-state index >= 15 is 0 Å². The molecule has 0 spiro atoms. The van der Waals surface area contributed by atoms with E-state index in [4.69, 9.17) is 10.8 Å². The number of aliphatic hydroxyl groups is 1. The topological polar surface area (TPSA) is 46.2 Å². The van der Waals surface area contributed by atoms with Crippen molar-refractivity contribution in [2.75, 3.05) is 6.61 Å². The summed E-state index contributed by atoms with van der Waals surface area (Å²) in [5, 5.41) is 10.3. The number of benzene rings is 2. The maximum Gasteiger partial charge on any atom is 0.131 e. The highest BCUT2D eigenvalue weighted by Gasteiger charge is 2.10. The van der Waals surface area contributed by atoms with Gasteiger partial charge in [0, 0.05) is 5.39 Å². The van der Waals surface area contributed by atoms with E-state index in [1.807, 2.05) is 12.1 Å². The van der Waals surface area contributed by atoms with Crippen LogP contribution in [0.3, 0.4) is 0 Å². The predicted molar refractivity (Wildman–Crippen MR) is 57.9 cm³/mol. The zero-order valence-electron chi connectivity index (χ0n) is 8.15. The van der Waals surface area contributed by atoms with E-state index in [9.17, 15) is 4.39 Å². The first-order valence-corrected chi connectivity index (χ1v) is 4.77. The van der Waals surface area contributed by atoms with Gasteiger partial charge in [-0.1, -0.05) is 30.3 Å². The molecular weight excluding hydrogens is 193 g/mol. The Hall–Kier alpha value is -1.45. The van der Waals surface area contributed by atoms with Crippen LogP contribution in [-0.4, -0.2) is 11.7 Å². The SMILES string of the molecule is NC(CO)c1ccc(F)c2ccccc12. The average molecular weight is 205 g/mol. The largest absolute Gasteiger partial charge is 0.394 e. The van der Waals surface area contributed by atoms with E-state index in [1.165, 1.54) is 6.07 Å². The van der Waals surface area contributed by atoms with Crippen molar-refractivity contribution in [2.24, 2.45) is 5.73 Å². The van der Waals surface area contributed by atoms with Gasteiger partial charge in [0.05, 0.1) is 12.6 Å². The van der Waals surface area contributed by atoms with Gasteiger partial charge >= 0.3 is 0 Å². The van der Waals surface area contributed by atoms with Crippen LogP contribution in [0.1, 0.15) is 11.6 Å². The summed E-state index contributed by atoms with van der Waals surface area (Å²) in [5.41, 5.74) is 6.51. The molecule has 0 aliphatic heterocycles. The van der Waals surface area contributed by atoms with Crippen LogP contribution in [0.25, 0.3) is 10.8 Å². The Balaban J connectivity index is 2.71. The van der Waals surface area contributed by atoms with Crippen molar-refractivity contribution in [1.29, 1.82) is 0 Å². The van der Waals surface area contributed by atoms with Crippen molar-refractivity contribution < 1.29 is 9.50 Å². The molecule has 2 nitrogen and oxygen atoms in total. The van der Waals surface area contributed by atoms with Gasteiger partial charge in [-0.3, -0.25) is 0 Å². The Kier molecular flexibility index (Phi) is 2.66. The Morgan fingerprint density at radius 1 is 1.13 bits per heavy atom. The van der Waals surface area contributed by atoms with Crippen molar-refractivity contribution in [3.8, 4) is 0 Å². The molecule has 0 aliphatic rings. The molecule has 3 N–H and O–H groups in total. The van der Waals surface area contributed by atoms with Gasteiger partial charge in [0.1, 0.15) is 5.82 Å². The quantitative estimate of drug-likeness (QED) is 0.787. The zero-order chi connectivity index (χ0) is 10.8. The first-order chi connectivity index (χ1) is 7.24. The van der Waals surface area contributed by atoms with Crippen molar-refractivity contribution in [2.45, 2.75) is 6.04 Å². The molecule has 78 valence electrons. The fourth-order valence-electron chi connectivity index (χ4n) is 1.71. The van der Waals surface area contributed by atoms with Crippen LogP contribution < -0.4 is 5.73 Å². The second-order valence-corrected chi connectivity index (χ2v) is 3.47. The number of hydrogen-bond acceptors (Lipinski definition) is 2. The number of rotatable bonds is 2. The van der Waals surface area contributed by atoms with Crippen molar-refractivity contribution in [3.05, 3.63) is 47.8 Å². The van der Waals surface area contributed by atoms with Crippen molar-refractivity contribution >= 4 is 10.8 Å².